The maximum atomic E-state index is 12.9. The molecule has 4 nitrogen and oxygen atoms in total. The second-order valence-corrected chi connectivity index (χ2v) is 8.09. The molecule has 0 saturated carbocycles. The molecule has 142 valence electrons. The van der Waals surface area contributed by atoms with Crippen molar-refractivity contribution in [2.75, 3.05) is 13.2 Å². The quantitative estimate of drug-likeness (QED) is 0.646. The van der Waals surface area contributed by atoms with E-state index in [1.165, 1.54) is 11.1 Å². The second-order valence-electron chi connectivity index (χ2n) is 6.96. The molecule has 1 unspecified atom stereocenters. The van der Waals surface area contributed by atoms with E-state index in [0.29, 0.717) is 18.1 Å². The topological polar surface area (TPSA) is 44.8 Å². The summed E-state index contributed by atoms with van der Waals surface area (Å²) in [6.45, 7) is 1.41. The molecule has 2 aliphatic rings. The van der Waals surface area contributed by atoms with Crippen molar-refractivity contribution >= 4 is 11.1 Å². The lowest BCUT2D eigenvalue weighted by Crippen LogP contribution is -2.09. The van der Waals surface area contributed by atoms with E-state index in [0.717, 1.165) is 35.5 Å². The minimum Gasteiger partial charge on any atom is -0.493 e. The fraction of sp³-hybridized carbons (Fsp3) is 0.217. The van der Waals surface area contributed by atoms with Gasteiger partial charge in [0.2, 0.25) is 0 Å². The maximum absolute atomic E-state index is 12.9. The first-order valence-corrected chi connectivity index (χ1v) is 10.5. The summed E-state index contributed by atoms with van der Waals surface area (Å²) in [6.07, 6.45) is 1.34. The van der Waals surface area contributed by atoms with E-state index in [2.05, 4.69) is 12.1 Å². The van der Waals surface area contributed by atoms with E-state index in [-0.39, 0.29) is 0 Å². The molecule has 0 bridgehead atoms. The Kier molecular flexibility index (Phi) is 4.63. The average Bonchev–Trinajstić information content (AvgIpc) is 3.40. The van der Waals surface area contributed by atoms with Crippen LogP contribution in [-0.4, -0.2) is 17.4 Å². The molecule has 0 fully saturated rings. The molecule has 0 amide bonds. The van der Waals surface area contributed by atoms with Crippen LogP contribution in [0.3, 0.4) is 0 Å². The predicted molar refractivity (Wildman–Crippen MR) is 107 cm³/mol. The highest BCUT2D eigenvalue weighted by molar-refractivity contribution is 7.80. The van der Waals surface area contributed by atoms with Crippen molar-refractivity contribution in [1.82, 2.24) is 0 Å². The van der Waals surface area contributed by atoms with Gasteiger partial charge in [-0.15, -0.1) is 0 Å². The van der Waals surface area contributed by atoms with Crippen LogP contribution in [0.5, 0.6) is 11.5 Å². The highest BCUT2D eigenvalue weighted by Crippen LogP contribution is 2.36. The fourth-order valence-electron chi connectivity index (χ4n) is 3.72. The van der Waals surface area contributed by atoms with Crippen LogP contribution in [0.4, 0.5) is 0 Å². The molecular weight excluding hydrogens is 372 g/mol. The number of hydrogen-bond acceptors (Lipinski definition) is 4. The number of rotatable bonds is 5. The van der Waals surface area contributed by atoms with Gasteiger partial charge >= 0.3 is 0 Å². The van der Waals surface area contributed by atoms with Crippen LogP contribution in [0.25, 0.3) is 0 Å². The van der Waals surface area contributed by atoms with Crippen molar-refractivity contribution in [3.05, 3.63) is 89.0 Å². The highest BCUT2D eigenvalue weighted by Gasteiger charge is 2.24. The van der Waals surface area contributed by atoms with Crippen LogP contribution >= 0.6 is 0 Å². The molecule has 5 rings (SSSR count). The molecule has 0 aromatic heterocycles. The molecule has 3 aromatic rings. The zero-order valence-corrected chi connectivity index (χ0v) is 16.1. The van der Waals surface area contributed by atoms with Gasteiger partial charge in [0.1, 0.15) is 17.6 Å². The third-order valence-corrected chi connectivity index (χ3v) is 6.18. The molecule has 5 heteroatoms. The first-order chi connectivity index (χ1) is 13.8. The van der Waals surface area contributed by atoms with Gasteiger partial charge in [-0.25, -0.2) is 4.21 Å². The Morgan fingerprint density at radius 2 is 1.36 bits per heavy atom. The van der Waals surface area contributed by atoms with Gasteiger partial charge in [-0.05, 0) is 58.7 Å². The molecule has 2 aliphatic heterocycles. The Balaban J connectivity index is 1.53. The summed E-state index contributed by atoms with van der Waals surface area (Å²) in [7, 11) is 0. The number of fused-ring (bicyclic) bond motifs is 2. The summed E-state index contributed by atoms with van der Waals surface area (Å²) in [5.41, 5.74) is 4.29. The van der Waals surface area contributed by atoms with Crippen LogP contribution in [0.1, 0.15) is 28.4 Å². The molecule has 1 atom stereocenters. The minimum absolute atomic E-state index is 0.433. The molecule has 0 aliphatic carbocycles. The van der Waals surface area contributed by atoms with Gasteiger partial charge in [-0.1, -0.05) is 30.3 Å². The van der Waals surface area contributed by atoms with Crippen LogP contribution in [-0.2, 0) is 28.1 Å². The molecule has 28 heavy (non-hydrogen) atoms. The van der Waals surface area contributed by atoms with Crippen molar-refractivity contribution in [2.45, 2.75) is 23.8 Å². The smallest absolute Gasteiger partial charge is 0.190 e. The number of hydrogen-bond donors (Lipinski definition) is 0. The Labute approximate surface area is 166 Å². The summed E-state index contributed by atoms with van der Waals surface area (Å²) >= 11 is -1.57. The van der Waals surface area contributed by atoms with Crippen molar-refractivity contribution in [2.24, 2.45) is 0 Å². The Morgan fingerprint density at radius 3 is 1.93 bits per heavy atom. The van der Waals surface area contributed by atoms with Crippen LogP contribution in [0.2, 0.25) is 0 Å². The van der Waals surface area contributed by atoms with Crippen molar-refractivity contribution in [3.63, 3.8) is 0 Å². The van der Waals surface area contributed by atoms with Gasteiger partial charge in [-0.2, -0.15) is 0 Å². The molecule has 0 radical (unpaired) electrons. The zero-order chi connectivity index (χ0) is 18.9. The lowest BCUT2D eigenvalue weighted by Gasteiger charge is -2.19. The van der Waals surface area contributed by atoms with Gasteiger partial charge in [0.15, 0.2) is 11.1 Å². The summed E-state index contributed by atoms with van der Waals surface area (Å²) in [4.78, 5) is 0.654. The van der Waals surface area contributed by atoms with Gasteiger partial charge in [0, 0.05) is 12.8 Å². The molecule has 2 heterocycles. The zero-order valence-electron chi connectivity index (χ0n) is 15.3. The van der Waals surface area contributed by atoms with Gasteiger partial charge in [0.25, 0.3) is 0 Å². The van der Waals surface area contributed by atoms with Crippen molar-refractivity contribution in [3.8, 4) is 11.5 Å². The van der Waals surface area contributed by atoms with E-state index >= 15 is 0 Å². The summed E-state index contributed by atoms with van der Waals surface area (Å²) in [5.74, 6) is 1.85. The highest BCUT2D eigenvalue weighted by atomic mass is 32.2. The lowest BCUT2D eigenvalue weighted by molar-refractivity contribution is 0.275. The SMILES string of the molecule is O=S(OC(c1ccc2c(c1)CCO2)c1ccc2c(c1)CCO2)c1ccccc1. The molecular formula is C23H20O4S. The van der Waals surface area contributed by atoms with Gasteiger partial charge in [-0.3, -0.25) is 4.18 Å². The third-order valence-electron chi connectivity index (χ3n) is 5.15. The molecule has 0 N–H and O–H groups in total. The summed E-state index contributed by atoms with van der Waals surface area (Å²) < 4.78 is 30.3. The first kappa shape index (κ1) is 17.5. The average molecular weight is 392 g/mol. The molecule has 0 saturated heterocycles. The summed E-state index contributed by atoms with van der Waals surface area (Å²) in [5, 5.41) is 0. The second kappa shape index (κ2) is 7.41. The van der Waals surface area contributed by atoms with Crippen LogP contribution in [0, 0.1) is 0 Å². The maximum Gasteiger partial charge on any atom is 0.190 e. The monoisotopic (exact) mass is 392 g/mol. The molecule has 0 spiro atoms. The van der Waals surface area contributed by atoms with Gasteiger partial charge in [0.05, 0.1) is 18.1 Å². The standard InChI is InChI=1S/C23H20O4S/c24-28(20-4-2-1-3-5-20)27-23(18-6-8-21-16(14-18)10-12-25-21)19-7-9-22-17(15-19)11-13-26-22/h1-9,14-15,23H,10-13H2. The normalized spacial score (nSPS) is 15.6. The van der Waals surface area contributed by atoms with Crippen molar-refractivity contribution < 1.29 is 17.9 Å². The van der Waals surface area contributed by atoms with E-state index in [9.17, 15) is 4.21 Å². The Hall–Kier alpha value is -2.63. The summed E-state index contributed by atoms with van der Waals surface area (Å²) in [6, 6.07) is 21.5. The third kappa shape index (κ3) is 3.32. The Bertz CT molecular complexity index is 975. The minimum atomic E-state index is -1.57. The fourth-order valence-corrected chi connectivity index (χ4v) is 4.60. The first-order valence-electron chi connectivity index (χ1n) is 9.43. The number of ether oxygens (including phenoxy) is 2. The Morgan fingerprint density at radius 1 is 0.786 bits per heavy atom. The lowest BCUT2D eigenvalue weighted by atomic mass is 9.97. The number of benzene rings is 3. The van der Waals surface area contributed by atoms with E-state index < -0.39 is 17.2 Å². The van der Waals surface area contributed by atoms with E-state index in [1.54, 1.807) is 0 Å². The van der Waals surface area contributed by atoms with E-state index in [4.69, 9.17) is 13.7 Å². The van der Waals surface area contributed by atoms with Crippen LogP contribution in [0.15, 0.2) is 71.6 Å². The predicted octanol–water partition coefficient (Wildman–Crippen LogP) is 4.39. The van der Waals surface area contributed by atoms with Crippen molar-refractivity contribution in [1.29, 1.82) is 0 Å². The van der Waals surface area contributed by atoms with E-state index in [1.807, 2.05) is 54.6 Å². The largest absolute Gasteiger partial charge is 0.493 e. The van der Waals surface area contributed by atoms with Crippen LogP contribution < -0.4 is 9.47 Å². The van der Waals surface area contributed by atoms with Gasteiger partial charge < -0.3 is 9.47 Å². The molecule has 3 aromatic carbocycles.